The third kappa shape index (κ3) is 5.11. The second kappa shape index (κ2) is 9.04. The predicted molar refractivity (Wildman–Crippen MR) is 109 cm³/mol. The second-order valence-electron chi connectivity index (χ2n) is 6.64. The molecule has 0 saturated heterocycles. The summed E-state index contributed by atoms with van der Waals surface area (Å²) in [5, 5.41) is 10.1. The van der Waals surface area contributed by atoms with Crippen molar-refractivity contribution in [2.75, 3.05) is 0 Å². The van der Waals surface area contributed by atoms with E-state index in [-0.39, 0.29) is 17.2 Å². The molecule has 29 heavy (non-hydrogen) atoms. The Balaban J connectivity index is 2.04. The lowest BCUT2D eigenvalue weighted by molar-refractivity contribution is -0.384. The molecule has 1 heterocycles. The van der Waals surface area contributed by atoms with E-state index in [2.05, 4.69) is 4.98 Å². The molecule has 0 unspecified atom stereocenters. The summed E-state index contributed by atoms with van der Waals surface area (Å²) in [6, 6.07) is 5.82. The number of aryl methyl sites for hydroxylation is 1. The molecule has 9 heteroatoms. The summed E-state index contributed by atoms with van der Waals surface area (Å²) in [5.74, 6) is -1.14. The van der Waals surface area contributed by atoms with Crippen LogP contribution in [0.1, 0.15) is 52.9 Å². The molecule has 154 valence electrons. The van der Waals surface area contributed by atoms with Gasteiger partial charge in [-0.15, -0.1) is 11.8 Å². The van der Waals surface area contributed by atoms with Crippen molar-refractivity contribution in [2.24, 2.45) is 0 Å². The molecule has 1 aromatic heterocycles. The molecule has 0 bridgehead atoms. The molecular formula is C20H22N2O6S. The van der Waals surface area contributed by atoms with Crippen LogP contribution in [-0.4, -0.2) is 38.8 Å². The molecule has 1 aromatic carbocycles. The monoisotopic (exact) mass is 418 g/mol. The summed E-state index contributed by atoms with van der Waals surface area (Å²) < 4.78 is 5.30. The molecule has 0 fully saturated rings. The number of thioether (sulfide) groups is 1. The number of esters is 1. The van der Waals surface area contributed by atoms with Gasteiger partial charge in [0.1, 0.15) is 5.25 Å². The highest BCUT2D eigenvalue weighted by atomic mass is 32.2. The summed E-state index contributed by atoms with van der Waals surface area (Å²) in [6.45, 7) is 7.92. The summed E-state index contributed by atoms with van der Waals surface area (Å²) in [5.41, 5.74) is 1.82. The Labute approximate surface area is 172 Å². The smallest absolute Gasteiger partial charge is 0.319 e. The van der Waals surface area contributed by atoms with Gasteiger partial charge in [0.15, 0.2) is 11.9 Å². The van der Waals surface area contributed by atoms with E-state index in [9.17, 15) is 24.5 Å². The van der Waals surface area contributed by atoms with Crippen molar-refractivity contribution in [3.63, 3.8) is 0 Å². The van der Waals surface area contributed by atoms with E-state index in [0.717, 1.165) is 0 Å². The first kappa shape index (κ1) is 22.4. The van der Waals surface area contributed by atoms with Gasteiger partial charge in [0, 0.05) is 28.3 Å². The number of nitrogens with one attached hydrogen (secondary N) is 1. The van der Waals surface area contributed by atoms with E-state index >= 15 is 0 Å². The van der Waals surface area contributed by atoms with E-state index in [1.165, 1.54) is 37.7 Å². The topological polar surface area (TPSA) is 119 Å². The fourth-order valence-electron chi connectivity index (χ4n) is 2.95. The first-order chi connectivity index (χ1) is 13.5. The van der Waals surface area contributed by atoms with Gasteiger partial charge >= 0.3 is 5.97 Å². The highest BCUT2D eigenvalue weighted by molar-refractivity contribution is 8.00. The largest absolute Gasteiger partial charge is 0.453 e. The van der Waals surface area contributed by atoms with E-state index in [1.807, 2.05) is 0 Å². The third-order valence-electron chi connectivity index (χ3n) is 4.39. The number of benzene rings is 1. The average molecular weight is 418 g/mol. The zero-order chi connectivity index (χ0) is 21.9. The first-order valence-electron chi connectivity index (χ1n) is 8.88. The maximum absolute atomic E-state index is 12.7. The molecule has 0 amide bonds. The zero-order valence-corrected chi connectivity index (χ0v) is 17.6. The number of carbonyl (C=O) groups excluding carboxylic acids is 3. The van der Waals surface area contributed by atoms with Crippen LogP contribution in [-0.2, 0) is 9.53 Å². The molecule has 0 aliphatic heterocycles. The van der Waals surface area contributed by atoms with Crippen molar-refractivity contribution < 1.29 is 24.0 Å². The standard InChI is InChI=1S/C20H22N2O6S/c1-10-17(12(3)23)11(2)21-18(10)19(24)13(4)28-20(25)14(5)29-16-8-6-15(7-9-16)22(26)27/h6-9,13-14,21H,1-5H3/t13-,14-/m1/s1. The van der Waals surface area contributed by atoms with Gasteiger partial charge < -0.3 is 9.72 Å². The van der Waals surface area contributed by atoms with E-state index in [0.29, 0.717) is 21.7 Å². The average Bonchev–Trinajstić information content (AvgIpc) is 2.95. The van der Waals surface area contributed by atoms with Gasteiger partial charge in [0.25, 0.3) is 5.69 Å². The Kier molecular flexibility index (Phi) is 6.97. The molecule has 0 spiro atoms. The maximum atomic E-state index is 12.7. The fraction of sp³-hybridized carbons (Fsp3) is 0.350. The Bertz CT molecular complexity index is 964. The highest BCUT2D eigenvalue weighted by Crippen LogP contribution is 2.27. The third-order valence-corrected chi connectivity index (χ3v) is 5.48. The minimum Gasteiger partial charge on any atom is -0.453 e. The number of aromatic nitrogens is 1. The fourth-order valence-corrected chi connectivity index (χ4v) is 3.80. The molecule has 0 aliphatic rings. The van der Waals surface area contributed by atoms with Crippen molar-refractivity contribution in [1.82, 2.24) is 4.98 Å². The van der Waals surface area contributed by atoms with Gasteiger partial charge in [0.2, 0.25) is 5.78 Å². The van der Waals surface area contributed by atoms with E-state index in [4.69, 9.17) is 4.74 Å². The minimum atomic E-state index is -1.03. The molecule has 8 nitrogen and oxygen atoms in total. The molecule has 0 radical (unpaired) electrons. The van der Waals surface area contributed by atoms with Gasteiger partial charge in [-0.1, -0.05) is 0 Å². The van der Waals surface area contributed by atoms with Crippen molar-refractivity contribution in [1.29, 1.82) is 0 Å². The lowest BCUT2D eigenvalue weighted by Gasteiger charge is -2.16. The van der Waals surface area contributed by atoms with Crippen LogP contribution in [0.2, 0.25) is 0 Å². The molecule has 2 rings (SSSR count). The lowest BCUT2D eigenvalue weighted by Crippen LogP contribution is -2.29. The number of H-pyrrole nitrogens is 1. The van der Waals surface area contributed by atoms with Crippen LogP contribution in [0.3, 0.4) is 0 Å². The summed E-state index contributed by atoms with van der Waals surface area (Å²) in [4.78, 5) is 50.6. The Morgan fingerprint density at radius 2 is 1.72 bits per heavy atom. The first-order valence-corrected chi connectivity index (χ1v) is 9.76. The number of non-ortho nitro benzene ring substituents is 1. The number of aromatic amines is 1. The Morgan fingerprint density at radius 3 is 2.21 bits per heavy atom. The number of nitro groups is 1. The van der Waals surface area contributed by atoms with E-state index in [1.54, 1.807) is 32.9 Å². The van der Waals surface area contributed by atoms with Crippen molar-refractivity contribution in [3.05, 3.63) is 56.9 Å². The van der Waals surface area contributed by atoms with Crippen LogP contribution in [0, 0.1) is 24.0 Å². The zero-order valence-electron chi connectivity index (χ0n) is 16.8. The summed E-state index contributed by atoms with van der Waals surface area (Å²) in [7, 11) is 0. The number of nitro benzene ring substituents is 1. The number of hydrogen-bond donors (Lipinski definition) is 1. The van der Waals surface area contributed by atoms with Crippen molar-refractivity contribution in [3.8, 4) is 0 Å². The number of Topliss-reactive ketones (excluding diaryl/α,β-unsaturated/α-hetero) is 2. The molecule has 2 aromatic rings. The lowest BCUT2D eigenvalue weighted by atomic mass is 10.0. The van der Waals surface area contributed by atoms with Gasteiger partial charge in [0.05, 0.1) is 10.6 Å². The predicted octanol–water partition coefficient (Wildman–Crippen LogP) is 4.04. The van der Waals surface area contributed by atoms with Crippen molar-refractivity contribution in [2.45, 2.75) is 50.9 Å². The Morgan fingerprint density at radius 1 is 1.14 bits per heavy atom. The Hall–Kier alpha value is -2.94. The minimum absolute atomic E-state index is 0.0367. The van der Waals surface area contributed by atoms with Crippen LogP contribution in [0.5, 0.6) is 0 Å². The molecule has 0 aliphatic carbocycles. The quantitative estimate of drug-likeness (QED) is 0.226. The van der Waals surface area contributed by atoms with Crippen LogP contribution in [0.25, 0.3) is 0 Å². The summed E-state index contributed by atoms with van der Waals surface area (Å²) >= 11 is 1.17. The van der Waals surface area contributed by atoms with Gasteiger partial charge in [-0.2, -0.15) is 0 Å². The molecule has 0 saturated carbocycles. The number of hydrogen-bond acceptors (Lipinski definition) is 7. The second-order valence-corrected chi connectivity index (χ2v) is 8.05. The van der Waals surface area contributed by atoms with Crippen molar-refractivity contribution >= 4 is 35.0 Å². The van der Waals surface area contributed by atoms with Crippen LogP contribution < -0.4 is 0 Å². The molecule has 1 N–H and O–H groups in total. The SMILES string of the molecule is CC(=O)c1c(C)[nH]c(C(=O)[C@@H](C)OC(=O)[C@@H](C)Sc2ccc([N+](=O)[O-])cc2)c1C. The van der Waals surface area contributed by atoms with Crippen LogP contribution >= 0.6 is 11.8 Å². The number of ether oxygens (including phenoxy) is 1. The number of ketones is 2. The van der Waals surface area contributed by atoms with E-state index < -0.39 is 28.0 Å². The maximum Gasteiger partial charge on any atom is 0.319 e. The van der Waals surface area contributed by atoms with Gasteiger partial charge in [-0.05, 0) is 52.3 Å². The normalized spacial score (nSPS) is 12.9. The van der Waals surface area contributed by atoms with Gasteiger partial charge in [-0.25, -0.2) is 0 Å². The van der Waals surface area contributed by atoms with Crippen LogP contribution in [0.15, 0.2) is 29.2 Å². The molecule has 2 atom stereocenters. The highest BCUT2D eigenvalue weighted by Gasteiger charge is 2.27. The molecular weight excluding hydrogens is 396 g/mol. The number of carbonyl (C=O) groups is 3. The van der Waals surface area contributed by atoms with Gasteiger partial charge in [-0.3, -0.25) is 24.5 Å². The summed E-state index contributed by atoms with van der Waals surface area (Å²) in [6.07, 6.45) is -1.03. The number of nitrogens with zero attached hydrogens (tertiary/aromatic N) is 1. The number of rotatable bonds is 8. The van der Waals surface area contributed by atoms with Crippen LogP contribution in [0.4, 0.5) is 5.69 Å².